The summed E-state index contributed by atoms with van der Waals surface area (Å²) in [6.07, 6.45) is 3.43. The molecule has 0 saturated carbocycles. The van der Waals surface area contributed by atoms with E-state index in [9.17, 15) is 9.18 Å². The molecule has 0 aliphatic rings. The highest BCUT2D eigenvalue weighted by molar-refractivity contribution is 6.06. The quantitative estimate of drug-likeness (QED) is 0.385. The van der Waals surface area contributed by atoms with E-state index in [0.717, 1.165) is 27.9 Å². The minimum atomic E-state index is -0.316. The van der Waals surface area contributed by atoms with E-state index in [0.29, 0.717) is 11.4 Å². The number of amides is 1. The van der Waals surface area contributed by atoms with Gasteiger partial charge in [0.1, 0.15) is 17.2 Å². The molecule has 0 radical (unpaired) electrons. The molecule has 0 spiro atoms. The first-order valence-corrected chi connectivity index (χ1v) is 10.1. The minimum Gasteiger partial charge on any atom is -0.310 e. The molecule has 0 atom stereocenters. The highest BCUT2D eigenvalue weighted by Gasteiger charge is 2.22. The molecule has 32 heavy (non-hydrogen) atoms. The van der Waals surface area contributed by atoms with Crippen LogP contribution in [0.3, 0.4) is 0 Å². The smallest absolute Gasteiger partial charge is 0.276 e. The third kappa shape index (κ3) is 3.41. The number of anilines is 1. The lowest BCUT2D eigenvalue weighted by molar-refractivity contribution is 0.0986. The van der Waals surface area contributed by atoms with Crippen LogP contribution >= 0.6 is 0 Å². The standard InChI is InChI=1S/C26H19FN4O/c1-30(21-6-3-2-4-7-21)26(32)23-9-5-8-22-24(18-14-16-28-17-15-18)25(29-31(22)23)19-10-12-20(27)13-11-19/h2-17H,1H3. The summed E-state index contributed by atoms with van der Waals surface area (Å²) >= 11 is 0. The molecule has 2 aromatic carbocycles. The molecule has 3 heterocycles. The number of aromatic nitrogens is 3. The topological polar surface area (TPSA) is 50.5 Å². The predicted molar refractivity (Wildman–Crippen MR) is 123 cm³/mol. The van der Waals surface area contributed by atoms with Gasteiger partial charge in [0.05, 0.1) is 5.52 Å². The van der Waals surface area contributed by atoms with Crippen LogP contribution in [0.15, 0.2) is 97.3 Å². The number of halogens is 1. The number of hydrogen-bond donors (Lipinski definition) is 0. The van der Waals surface area contributed by atoms with Crippen LogP contribution in [-0.4, -0.2) is 27.6 Å². The van der Waals surface area contributed by atoms with E-state index in [1.165, 1.54) is 12.1 Å². The Labute approximate surface area is 184 Å². The Morgan fingerprint density at radius 3 is 2.28 bits per heavy atom. The molecule has 1 amide bonds. The molecule has 6 heteroatoms. The predicted octanol–water partition coefficient (Wildman–Crippen LogP) is 5.48. The average molecular weight is 422 g/mol. The van der Waals surface area contributed by atoms with Crippen LogP contribution in [0.5, 0.6) is 0 Å². The monoisotopic (exact) mass is 422 g/mol. The molecule has 0 aliphatic carbocycles. The summed E-state index contributed by atoms with van der Waals surface area (Å²) in [6, 6.07) is 25.0. The van der Waals surface area contributed by atoms with Crippen molar-refractivity contribution < 1.29 is 9.18 Å². The fraction of sp³-hybridized carbons (Fsp3) is 0.0385. The maximum Gasteiger partial charge on any atom is 0.276 e. The highest BCUT2D eigenvalue weighted by Crippen LogP contribution is 2.35. The summed E-state index contributed by atoms with van der Waals surface area (Å²) in [7, 11) is 1.74. The Kier molecular flexibility index (Phi) is 4.95. The van der Waals surface area contributed by atoms with Crippen molar-refractivity contribution in [3.63, 3.8) is 0 Å². The second-order valence-electron chi connectivity index (χ2n) is 7.37. The van der Waals surface area contributed by atoms with Crippen LogP contribution in [0.1, 0.15) is 10.5 Å². The Hall–Kier alpha value is -4.32. The number of rotatable bonds is 4. The molecule has 5 aromatic rings. The van der Waals surface area contributed by atoms with Crippen molar-refractivity contribution in [2.75, 3.05) is 11.9 Å². The maximum absolute atomic E-state index is 13.6. The van der Waals surface area contributed by atoms with Crippen molar-refractivity contribution in [2.24, 2.45) is 0 Å². The largest absolute Gasteiger partial charge is 0.310 e. The third-order valence-corrected chi connectivity index (χ3v) is 5.41. The molecule has 156 valence electrons. The van der Waals surface area contributed by atoms with Gasteiger partial charge in [0.2, 0.25) is 0 Å². The zero-order valence-corrected chi connectivity index (χ0v) is 17.3. The van der Waals surface area contributed by atoms with Gasteiger partial charge in [0.25, 0.3) is 5.91 Å². The summed E-state index contributed by atoms with van der Waals surface area (Å²) in [4.78, 5) is 19.1. The Bertz CT molecular complexity index is 1400. The van der Waals surface area contributed by atoms with Crippen LogP contribution in [0.25, 0.3) is 27.9 Å². The lowest BCUT2D eigenvalue weighted by atomic mass is 10.0. The zero-order valence-electron chi connectivity index (χ0n) is 17.3. The number of benzene rings is 2. The van der Waals surface area contributed by atoms with Gasteiger partial charge in [-0.15, -0.1) is 0 Å². The van der Waals surface area contributed by atoms with E-state index in [1.807, 2.05) is 54.6 Å². The van der Waals surface area contributed by atoms with Crippen molar-refractivity contribution in [3.05, 3.63) is 109 Å². The number of nitrogens with zero attached hydrogens (tertiary/aromatic N) is 4. The average Bonchev–Trinajstić information content (AvgIpc) is 3.24. The molecule has 0 N–H and O–H groups in total. The van der Waals surface area contributed by atoms with Gasteiger partial charge >= 0.3 is 0 Å². The van der Waals surface area contributed by atoms with Crippen LogP contribution in [0.4, 0.5) is 10.1 Å². The van der Waals surface area contributed by atoms with Crippen LogP contribution < -0.4 is 4.90 Å². The molecule has 0 aliphatic heterocycles. The summed E-state index contributed by atoms with van der Waals surface area (Å²) in [5.41, 5.74) is 5.19. The van der Waals surface area contributed by atoms with Gasteiger partial charge < -0.3 is 4.90 Å². The zero-order chi connectivity index (χ0) is 22.1. The van der Waals surface area contributed by atoms with Crippen LogP contribution in [0.2, 0.25) is 0 Å². The minimum absolute atomic E-state index is 0.184. The number of hydrogen-bond acceptors (Lipinski definition) is 3. The number of carbonyl (C=O) groups excluding carboxylic acids is 1. The van der Waals surface area contributed by atoms with E-state index < -0.39 is 0 Å². The number of para-hydroxylation sites is 1. The fourth-order valence-electron chi connectivity index (χ4n) is 3.79. The molecule has 0 fully saturated rings. The van der Waals surface area contributed by atoms with Crippen molar-refractivity contribution in [1.29, 1.82) is 0 Å². The molecule has 5 nitrogen and oxygen atoms in total. The molecule has 3 aromatic heterocycles. The third-order valence-electron chi connectivity index (χ3n) is 5.41. The van der Waals surface area contributed by atoms with Gasteiger partial charge in [-0.25, -0.2) is 8.91 Å². The molecule has 0 saturated heterocycles. The molecular formula is C26H19FN4O. The van der Waals surface area contributed by atoms with Crippen molar-refractivity contribution in [2.45, 2.75) is 0 Å². The van der Waals surface area contributed by atoms with Crippen LogP contribution in [-0.2, 0) is 0 Å². The van der Waals surface area contributed by atoms with Gasteiger partial charge in [-0.3, -0.25) is 9.78 Å². The van der Waals surface area contributed by atoms with E-state index in [2.05, 4.69) is 4.98 Å². The summed E-state index contributed by atoms with van der Waals surface area (Å²) in [5, 5.41) is 4.81. The normalized spacial score (nSPS) is 10.9. The van der Waals surface area contributed by atoms with Crippen molar-refractivity contribution in [3.8, 4) is 22.4 Å². The second-order valence-corrected chi connectivity index (χ2v) is 7.37. The van der Waals surface area contributed by atoms with E-state index >= 15 is 0 Å². The number of fused-ring (bicyclic) bond motifs is 1. The van der Waals surface area contributed by atoms with Gasteiger partial charge in [-0.1, -0.05) is 24.3 Å². The van der Waals surface area contributed by atoms with E-state index in [-0.39, 0.29) is 11.7 Å². The molecule has 5 rings (SSSR count). The first kappa shape index (κ1) is 19.6. The van der Waals surface area contributed by atoms with E-state index in [4.69, 9.17) is 5.10 Å². The second kappa shape index (κ2) is 8.07. The highest BCUT2D eigenvalue weighted by atomic mass is 19.1. The molecule has 0 bridgehead atoms. The maximum atomic E-state index is 13.6. The van der Waals surface area contributed by atoms with Gasteiger partial charge in [-0.2, -0.15) is 5.10 Å². The summed E-state index contributed by atoms with van der Waals surface area (Å²) in [6.45, 7) is 0. The number of carbonyl (C=O) groups is 1. The van der Waals surface area contributed by atoms with Crippen molar-refractivity contribution in [1.82, 2.24) is 14.6 Å². The Balaban J connectivity index is 1.72. The lowest BCUT2D eigenvalue weighted by Crippen LogP contribution is -2.28. The first-order valence-electron chi connectivity index (χ1n) is 10.1. The van der Waals surface area contributed by atoms with Crippen molar-refractivity contribution >= 4 is 17.1 Å². The SMILES string of the molecule is CN(C(=O)c1cccc2c(-c3ccncc3)c(-c3ccc(F)cc3)nn12)c1ccccc1. The summed E-state index contributed by atoms with van der Waals surface area (Å²) in [5.74, 6) is -0.500. The fourth-order valence-corrected chi connectivity index (χ4v) is 3.79. The Morgan fingerprint density at radius 2 is 1.56 bits per heavy atom. The van der Waals surface area contributed by atoms with Gasteiger partial charge in [-0.05, 0) is 66.2 Å². The number of pyridine rings is 2. The molecular weight excluding hydrogens is 403 g/mol. The summed E-state index contributed by atoms with van der Waals surface area (Å²) < 4.78 is 15.2. The lowest BCUT2D eigenvalue weighted by Gasteiger charge is -2.17. The van der Waals surface area contributed by atoms with Gasteiger partial charge in [0.15, 0.2) is 0 Å². The van der Waals surface area contributed by atoms with Crippen LogP contribution in [0, 0.1) is 5.82 Å². The first-order chi connectivity index (χ1) is 15.6. The Morgan fingerprint density at radius 1 is 0.844 bits per heavy atom. The van der Waals surface area contributed by atoms with Gasteiger partial charge in [0, 0.05) is 36.3 Å². The molecule has 0 unspecified atom stereocenters. The van der Waals surface area contributed by atoms with E-state index in [1.54, 1.807) is 47.1 Å².